The molecule has 0 fully saturated rings. The minimum atomic E-state index is -0.247. The molecule has 2 aromatic rings. The van der Waals surface area contributed by atoms with Gasteiger partial charge in [0.2, 0.25) is 0 Å². The second kappa shape index (κ2) is 9.57. The highest BCUT2D eigenvalue weighted by Gasteiger charge is 2.42. The number of ether oxygens (including phenoxy) is 2. The number of para-hydroxylation sites is 1. The second-order valence-corrected chi connectivity index (χ2v) is 8.26. The van der Waals surface area contributed by atoms with E-state index in [0.29, 0.717) is 44.0 Å². The van der Waals surface area contributed by atoms with Gasteiger partial charge >= 0.3 is 0 Å². The highest BCUT2D eigenvalue weighted by molar-refractivity contribution is 6.36. The van der Waals surface area contributed by atoms with E-state index in [0.717, 1.165) is 23.4 Å². The van der Waals surface area contributed by atoms with Gasteiger partial charge in [-0.05, 0) is 62.9 Å². The van der Waals surface area contributed by atoms with Crippen LogP contribution in [0.25, 0.3) is 5.57 Å². The van der Waals surface area contributed by atoms with Gasteiger partial charge in [-0.1, -0.05) is 30.3 Å². The Labute approximate surface area is 189 Å². The summed E-state index contributed by atoms with van der Waals surface area (Å²) in [5, 5.41) is 0. The third-order valence-corrected chi connectivity index (χ3v) is 5.69. The Bertz CT molecular complexity index is 1030. The fourth-order valence-corrected chi connectivity index (χ4v) is 4.29. The molecule has 2 aliphatic rings. The highest BCUT2D eigenvalue weighted by Crippen LogP contribution is 2.38. The van der Waals surface area contributed by atoms with Gasteiger partial charge in [0.1, 0.15) is 11.4 Å². The summed E-state index contributed by atoms with van der Waals surface area (Å²) in [6.07, 6.45) is 1.52. The molecule has 0 aliphatic carbocycles. The van der Waals surface area contributed by atoms with E-state index in [1.54, 1.807) is 0 Å². The Balaban J connectivity index is 1.71. The lowest BCUT2D eigenvalue weighted by atomic mass is 10.0. The average molecular weight is 435 g/mol. The van der Waals surface area contributed by atoms with Crippen molar-refractivity contribution in [2.24, 2.45) is 0 Å². The van der Waals surface area contributed by atoms with Crippen molar-refractivity contribution < 1.29 is 19.1 Å². The second-order valence-electron chi connectivity index (χ2n) is 8.26. The lowest BCUT2D eigenvalue weighted by molar-refractivity contribution is -0.137. The van der Waals surface area contributed by atoms with E-state index in [9.17, 15) is 9.59 Å². The van der Waals surface area contributed by atoms with Crippen LogP contribution >= 0.6 is 0 Å². The number of hydrogen-bond acceptors (Lipinski definition) is 5. The van der Waals surface area contributed by atoms with Gasteiger partial charge < -0.3 is 14.4 Å². The van der Waals surface area contributed by atoms with Gasteiger partial charge in [-0.15, -0.1) is 0 Å². The first-order valence-electron chi connectivity index (χ1n) is 11.3. The van der Waals surface area contributed by atoms with Crippen LogP contribution in [-0.4, -0.2) is 49.1 Å². The number of nitrogens with zero attached hydrogens (tertiary/aromatic N) is 2. The molecule has 0 bridgehead atoms. The van der Waals surface area contributed by atoms with Gasteiger partial charge in [0.05, 0.1) is 11.7 Å². The average Bonchev–Trinajstić information content (AvgIpc) is 3.30. The van der Waals surface area contributed by atoms with Crippen molar-refractivity contribution in [1.82, 2.24) is 4.90 Å². The summed E-state index contributed by atoms with van der Waals surface area (Å²) < 4.78 is 11.2. The van der Waals surface area contributed by atoms with Gasteiger partial charge in [-0.2, -0.15) is 0 Å². The smallest absolute Gasteiger partial charge is 0.278 e. The van der Waals surface area contributed by atoms with Crippen molar-refractivity contribution >= 4 is 23.1 Å². The maximum absolute atomic E-state index is 13.5. The number of amides is 2. The van der Waals surface area contributed by atoms with Crippen molar-refractivity contribution in [3.8, 4) is 5.75 Å². The number of imide groups is 1. The predicted octanol–water partition coefficient (Wildman–Crippen LogP) is 4.04. The first-order chi connectivity index (χ1) is 15.5. The molecule has 0 spiro atoms. The Kier molecular flexibility index (Phi) is 6.61. The minimum absolute atomic E-state index is 0.0623. The van der Waals surface area contributed by atoms with Gasteiger partial charge in [0.25, 0.3) is 11.8 Å². The van der Waals surface area contributed by atoms with Crippen LogP contribution in [0.2, 0.25) is 0 Å². The van der Waals surface area contributed by atoms with Crippen molar-refractivity contribution in [2.45, 2.75) is 39.7 Å². The lowest BCUT2D eigenvalue weighted by Crippen LogP contribution is -2.36. The van der Waals surface area contributed by atoms with E-state index in [1.165, 1.54) is 10.5 Å². The van der Waals surface area contributed by atoms with E-state index < -0.39 is 0 Å². The summed E-state index contributed by atoms with van der Waals surface area (Å²) >= 11 is 0. The van der Waals surface area contributed by atoms with E-state index in [2.05, 4.69) is 6.07 Å². The molecule has 4 rings (SSSR count). The number of carbonyl (C=O) groups excluding carboxylic acids is 2. The molecule has 0 N–H and O–H groups in total. The normalized spacial score (nSPS) is 15.9. The maximum atomic E-state index is 13.5. The van der Waals surface area contributed by atoms with Crippen LogP contribution in [-0.2, 0) is 20.7 Å². The van der Waals surface area contributed by atoms with Crippen LogP contribution in [0.1, 0.15) is 38.3 Å². The fourth-order valence-electron chi connectivity index (χ4n) is 4.29. The number of anilines is 1. The third-order valence-electron chi connectivity index (χ3n) is 5.69. The molecule has 2 heterocycles. The first-order valence-corrected chi connectivity index (χ1v) is 11.3. The van der Waals surface area contributed by atoms with Gasteiger partial charge in [0.15, 0.2) is 0 Å². The molecule has 168 valence electrons. The van der Waals surface area contributed by atoms with Gasteiger partial charge in [-0.25, -0.2) is 0 Å². The predicted molar refractivity (Wildman–Crippen MR) is 124 cm³/mol. The molecule has 2 aliphatic heterocycles. The molecule has 6 heteroatoms. The summed E-state index contributed by atoms with van der Waals surface area (Å²) in [5.41, 5.74) is 3.84. The Hall–Kier alpha value is -3.12. The monoisotopic (exact) mass is 434 g/mol. The zero-order valence-electron chi connectivity index (χ0n) is 19.0. The van der Waals surface area contributed by atoms with E-state index in [4.69, 9.17) is 9.47 Å². The van der Waals surface area contributed by atoms with Crippen LogP contribution in [0.15, 0.2) is 54.2 Å². The molecule has 0 atom stereocenters. The van der Waals surface area contributed by atoms with Gasteiger partial charge in [-0.3, -0.25) is 14.5 Å². The van der Waals surface area contributed by atoms with Crippen LogP contribution in [0.5, 0.6) is 5.75 Å². The molecule has 0 unspecified atom stereocenters. The zero-order chi connectivity index (χ0) is 22.7. The van der Waals surface area contributed by atoms with E-state index in [1.807, 2.05) is 68.1 Å². The Morgan fingerprint density at radius 3 is 2.47 bits per heavy atom. The highest BCUT2D eigenvalue weighted by atomic mass is 16.5. The van der Waals surface area contributed by atoms with Crippen molar-refractivity contribution in [2.75, 3.05) is 31.2 Å². The van der Waals surface area contributed by atoms with Crippen molar-refractivity contribution in [3.05, 3.63) is 65.4 Å². The van der Waals surface area contributed by atoms with Gasteiger partial charge in [0, 0.05) is 32.0 Å². The number of fused-ring (bicyclic) bond motifs is 1. The molecule has 0 aromatic heterocycles. The Morgan fingerprint density at radius 1 is 1.00 bits per heavy atom. The molecular weight excluding hydrogens is 404 g/mol. The third kappa shape index (κ3) is 4.28. The van der Waals surface area contributed by atoms with Crippen LogP contribution in [0.3, 0.4) is 0 Å². The maximum Gasteiger partial charge on any atom is 0.278 e. The summed E-state index contributed by atoms with van der Waals surface area (Å²) in [7, 11) is 0. The van der Waals surface area contributed by atoms with E-state index >= 15 is 0 Å². The van der Waals surface area contributed by atoms with Crippen LogP contribution in [0, 0.1) is 0 Å². The fraction of sp³-hybridized carbons (Fsp3) is 0.385. The molecule has 0 saturated carbocycles. The lowest BCUT2D eigenvalue weighted by Gasteiger charge is -2.21. The largest absolute Gasteiger partial charge is 0.491 e. The molecular formula is C26H30N2O4. The first kappa shape index (κ1) is 22.1. The molecule has 2 aromatic carbocycles. The number of rotatable bonds is 9. The summed E-state index contributed by atoms with van der Waals surface area (Å²) in [6.45, 7) is 8.03. The molecule has 0 radical (unpaired) electrons. The van der Waals surface area contributed by atoms with Crippen LogP contribution in [0.4, 0.5) is 5.69 Å². The standard InChI is InChI=1S/C26H30N2O4/c1-4-31-17-7-15-28-25(29)23(20-10-12-21(13-11-20)32-18(2)3)24(26(28)30)27-16-14-19-8-5-6-9-22(19)27/h5-6,8-13,18H,4,7,14-17H2,1-3H3. The number of hydrogen-bond donors (Lipinski definition) is 0. The van der Waals surface area contributed by atoms with Crippen molar-refractivity contribution in [1.29, 1.82) is 0 Å². The topological polar surface area (TPSA) is 59.1 Å². The molecule has 2 amide bonds. The Morgan fingerprint density at radius 2 is 1.75 bits per heavy atom. The molecule has 6 nitrogen and oxygen atoms in total. The molecule has 32 heavy (non-hydrogen) atoms. The summed E-state index contributed by atoms with van der Waals surface area (Å²) in [5.74, 6) is 0.256. The molecule has 0 saturated heterocycles. The zero-order valence-corrected chi connectivity index (χ0v) is 19.0. The SMILES string of the molecule is CCOCCCN1C(=O)C(c2ccc(OC(C)C)cc2)=C(N2CCc3ccccc32)C1=O. The summed E-state index contributed by atoms with van der Waals surface area (Å²) in [4.78, 5) is 30.4. The van der Waals surface area contributed by atoms with Crippen molar-refractivity contribution in [3.63, 3.8) is 0 Å². The number of benzene rings is 2. The quantitative estimate of drug-likeness (QED) is 0.440. The van der Waals surface area contributed by atoms with E-state index in [-0.39, 0.29) is 17.9 Å². The number of carbonyl (C=O) groups is 2. The van der Waals surface area contributed by atoms with Crippen LogP contribution < -0.4 is 9.64 Å². The minimum Gasteiger partial charge on any atom is -0.491 e. The summed E-state index contributed by atoms with van der Waals surface area (Å²) in [6, 6.07) is 15.5.